The van der Waals surface area contributed by atoms with Crippen molar-refractivity contribution in [3.8, 4) is 0 Å². The van der Waals surface area contributed by atoms with Crippen LogP contribution in [0.3, 0.4) is 0 Å². The normalized spacial score (nSPS) is 14.9. The molecular weight excluding hydrogens is 440 g/mol. The smallest absolute Gasteiger partial charge is 0.286 e. The fourth-order valence-electron chi connectivity index (χ4n) is 2.55. The first kappa shape index (κ1) is 19.2. The summed E-state index contributed by atoms with van der Waals surface area (Å²) < 4.78 is 29.3. The average molecular weight is 453 g/mol. The van der Waals surface area contributed by atoms with Gasteiger partial charge in [0.25, 0.3) is 10.0 Å². The van der Waals surface area contributed by atoms with Gasteiger partial charge >= 0.3 is 0 Å². The number of benzene rings is 2. The zero-order chi connectivity index (χ0) is 19.9. The van der Waals surface area contributed by atoms with Gasteiger partial charge in [-0.1, -0.05) is 40.8 Å². The van der Waals surface area contributed by atoms with Gasteiger partial charge in [-0.3, -0.25) is 4.79 Å². The molecule has 144 valence electrons. The number of carbonyl (C=O) groups excluding carboxylic acids is 1. The van der Waals surface area contributed by atoms with E-state index in [0.29, 0.717) is 15.8 Å². The first-order chi connectivity index (χ1) is 13.3. The molecule has 1 aromatic heterocycles. The van der Waals surface area contributed by atoms with Gasteiger partial charge in [-0.2, -0.15) is 8.42 Å². The number of thiazole rings is 1. The minimum absolute atomic E-state index is 0.0126. The second-order valence-electron chi connectivity index (χ2n) is 5.96. The van der Waals surface area contributed by atoms with Crippen molar-refractivity contribution >= 4 is 76.8 Å². The molecular formula is C17H13ClN4O3S3. The number of sulfonamides is 1. The largest absolute Gasteiger partial charge is 0.333 e. The molecule has 0 aliphatic carbocycles. The summed E-state index contributed by atoms with van der Waals surface area (Å²) in [6, 6.07) is 10.4. The SMILES string of the molecule is Cc1ccc2nc(NC(=O)CSC3=NS(=O)(=O)c4cc(Cl)ccc4N3)sc2c1. The standard InChI is InChI=1S/C17H13ClN4O3S3/c1-9-2-4-11-13(6-9)27-16(19-11)21-15(23)8-26-17-20-12-5-3-10(18)7-14(12)28(24,25)22-17/h2-7H,8H2,1H3,(H,20,22)(H,19,21,23). The van der Waals surface area contributed by atoms with Crippen LogP contribution in [0.25, 0.3) is 10.2 Å². The summed E-state index contributed by atoms with van der Waals surface area (Å²) in [5.41, 5.74) is 2.32. The number of thioether (sulfide) groups is 1. The van der Waals surface area contributed by atoms with Gasteiger partial charge in [0.15, 0.2) is 10.3 Å². The maximum atomic E-state index is 12.3. The van der Waals surface area contributed by atoms with Gasteiger partial charge < -0.3 is 10.6 Å². The molecule has 2 N–H and O–H groups in total. The van der Waals surface area contributed by atoms with Crippen LogP contribution in [-0.4, -0.2) is 30.2 Å². The van der Waals surface area contributed by atoms with Crippen molar-refractivity contribution in [1.82, 2.24) is 4.98 Å². The number of aryl methyl sites for hydroxylation is 1. The van der Waals surface area contributed by atoms with Gasteiger partial charge in [0.05, 0.1) is 21.7 Å². The lowest BCUT2D eigenvalue weighted by Crippen LogP contribution is -2.22. The molecule has 7 nitrogen and oxygen atoms in total. The Hall–Kier alpha value is -2.14. The molecule has 0 spiro atoms. The van der Waals surface area contributed by atoms with E-state index in [0.717, 1.165) is 27.5 Å². The topological polar surface area (TPSA) is 101 Å². The highest BCUT2D eigenvalue weighted by molar-refractivity contribution is 8.15. The van der Waals surface area contributed by atoms with Gasteiger partial charge in [0.2, 0.25) is 5.91 Å². The lowest BCUT2D eigenvalue weighted by molar-refractivity contribution is -0.113. The summed E-state index contributed by atoms with van der Waals surface area (Å²) in [7, 11) is -3.86. The van der Waals surface area contributed by atoms with Crippen LogP contribution in [0.2, 0.25) is 5.02 Å². The van der Waals surface area contributed by atoms with Crippen LogP contribution in [0.5, 0.6) is 0 Å². The van der Waals surface area contributed by atoms with E-state index >= 15 is 0 Å². The fourth-order valence-corrected chi connectivity index (χ4v) is 5.83. The minimum Gasteiger partial charge on any atom is -0.333 e. The minimum atomic E-state index is -3.86. The second-order valence-corrected chi connectivity index (χ2v) is 9.97. The van der Waals surface area contributed by atoms with Gasteiger partial charge in [-0.15, -0.1) is 4.40 Å². The van der Waals surface area contributed by atoms with Gasteiger partial charge in [0, 0.05) is 5.02 Å². The Kier molecular flexibility index (Phi) is 5.04. The van der Waals surface area contributed by atoms with Crippen molar-refractivity contribution in [3.63, 3.8) is 0 Å². The number of rotatable bonds is 3. The molecule has 0 bridgehead atoms. The van der Waals surface area contributed by atoms with E-state index < -0.39 is 10.0 Å². The first-order valence-corrected chi connectivity index (χ1v) is 11.6. The van der Waals surface area contributed by atoms with Crippen molar-refractivity contribution < 1.29 is 13.2 Å². The lowest BCUT2D eigenvalue weighted by Gasteiger charge is -2.17. The molecule has 1 aliphatic rings. The maximum Gasteiger partial charge on any atom is 0.286 e. The van der Waals surface area contributed by atoms with Crippen LogP contribution in [0.4, 0.5) is 10.8 Å². The van der Waals surface area contributed by atoms with Crippen molar-refractivity contribution in [3.05, 3.63) is 47.0 Å². The molecule has 4 rings (SSSR count). The van der Waals surface area contributed by atoms with Crippen molar-refractivity contribution in [2.75, 3.05) is 16.4 Å². The average Bonchev–Trinajstić information content (AvgIpc) is 3.01. The Bertz CT molecular complexity index is 1240. The number of amides is 1. The third-order valence-corrected chi connectivity index (χ3v) is 7.27. The van der Waals surface area contributed by atoms with E-state index in [1.807, 2.05) is 25.1 Å². The molecule has 2 heterocycles. The fraction of sp³-hybridized carbons (Fsp3) is 0.118. The number of anilines is 2. The summed E-state index contributed by atoms with van der Waals surface area (Å²) in [5.74, 6) is -0.316. The van der Waals surface area contributed by atoms with E-state index in [4.69, 9.17) is 11.6 Å². The molecule has 1 amide bonds. The molecule has 0 saturated carbocycles. The van der Waals surface area contributed by atoms with E-state index in [9.17, 15) is 13.2 Å². The maximum absolute atomic E-state index is 12.3. The van der Waals surface area contributed by atoms with Gasteiger partial charge in [-0.25, -0.2) is 4.98 Å². The quantitative estimate of drug-likeness (QED) is 0.620. The summed E-state index contributed by atoms with van der Waals surface area (Å²) in [6.07, 6.45) is 0. The Balaban J connectivity index is 1.43. The Labute approximate surface area is 174 Å². The van der Waals surface area contributed by atoms with Crippen LogP contribution >= 0.6 is 34.7 Å². The van der Waals surface area contributed by atoms with Gasteiger partial charge in [-0.05, 0) is 42.8 Å². The van der Waals surface area contributed by atoms with E-state index in [2.05, 4.69) is 20.0 Å². The second kappa shape index (κ2) is 7.36. The predicted octanol–water partition coefficient (Wildman–Crippen LogP) is 4.10. The van der Waals surface area contributed by atoms with E-state index in [1.54, 1.807) is 12.1 Å². The number of nitrogens with zero attached hydrogens (tertiary/aromatic N) is 2. The molecule has 0 atom stereocenters. The van der Waals surface area contributed by atoms with E-state index in [-0.39, 0.29) is 21.7 Å². The zero-order valence-corrected chi connectivity index (χ0v) is 17.6. The number of nitrogens with one attached hydrogen (secondary N) is 2. The molecule has 0 saturated heterocycles. The predicted molar refractivity (Wildman–Crippen MR) is 115 cm³/mol. The Morgan fingerprint density at radius 2 is 2.11 bits per heavy atom. The molecule has 28 heavy (non-hydrogen) atoms. The molecule has 0 radical (unpaired) electrons. The highest BCUT2D eigenvalue weighted by atomic mass is 35.5. The van der Waals surface area contributed by atoms with E-state index in [1.165, 1.54) is 17.4 Å². The summed E-state index contributed by atoms with van der Waals surface area (Å²) in [5, 5.41) is 6.58. The zero-order valence-electron chi connectivity index (χ0n) is 14.4. The number of fused-ring (bicyclic) bond motifs is 2. The molecule has 1 aliphatic heterocycles. The molecule has 3 aromatic rings. The third kappa shape index (κ3) is 4.00. The number of hydrogen-bond donors (Lipinski definition) is 2. The molecule has 2 aromatic carbocycles. The summed E-state index contributed by atoms with van der Waals surface area (Å²) >= 11 is 8.24. The monoisotopic (exact) mass is 452 g/mol. The van der Waals surface area contributed by atoms with Crippen LogP contribution in [-0.2, 0) is 14.8 Å². The number of aromatic nitrogens is 1. The molecule has 11 heteroatoms. The summed E-state index contributed by atoms with van der Waals surface area (Å²) in [4.78, 5) is 16.6. The lowest BCUT2D eigenvalue weighted by atomic mass is 10.2. The number of hydrogen-bond acceptors (Lipinski definition) is 7. The highest BCUT2D eigenvalue weighted by Gasteiger charge is 2.25. The Morgan fingerprint density at radius 3 is 2.93 bits per heavy atom. The number of halogens is 1. The summed E-state index contributed by atoms with van der Waals surface area (Å²) in [6.45, 7) is 1.99. The highest BCUT2D eigenvalue weighted by Crippen LogP contribution is 2.32. The molecule has 0 fully saturated rings. The van der Waals surface area contributed by atoms with Crippen molar-refractivity contribution in [2.24, 2.45) is 4.40 Å². The van der Waals surface area contributed by atoms with Gasteiger partial charge in [0.1, 0.15) is 4.90 Å². The molecule has 0 unspecified atom stereocenters. The number of amidine groups is 1. The van der Waals surface area contributed by atoms with Crippen LogP contribution in [0, 0.1) is 6.92 Å². The van der Waals surface area contributed by atoms with Crippen molar-refractivity contribution in [1.29, 1.82) is 0 Å². The number of carbonyl (C=O) groups is 1. The van der Waals surface area contributed by atoms with Crippen LogP contribution in [0.1, 0.15) is 5.56 Å². The first-order valence-electron chi connectivity index (χ1n) is 8.01. The van der Waals surface area contributed by atoms with Crippen LogP contribution < -0.4 is 10.6 Å². The third-order valence-electron chi connectivity index (χ3n) is 3.80. The Morgan fingerprint density at radius 1 is 1.29 bits per heavy atom. The van der Waals surface area contributed by atoms with Crippen LogP contribution in [0.15, 0.2) is 45.7 Å². The van der Waals surface area contributed by atoms with Crippen molar-refractivity contribution in [2.45, 2.75) is 11.8 Å².